The Morgan fingerprint density at radius 2 is 2.07 bits per heavy atom. The van der Waals surface area contributed by atoms with Gasteiger partial charge in [0.05, 0.1) is 18.1 Å². The Morgan fingerprint density at radius 1 is 1.24 bits per heavy atom. The molecule has 0 spiro atoms. The van der Waals surface area contributed by atoms with Gasteiger partial charge in [-0.2, -0.15) is 0 Å². The van der Waals surface area contributed by atoms with Crippen LogP contribution >= 0.6 is 11.3 Å². The fraction of sp³-hybridized carbons (Fsp3) is 0.190. The number of hydrogen-bond donors (Lipinski definition) is 1. The number of hydrogen-bond acceptors (Lipinski definition) is 8. The highest BCUT2D eigenvalue weighted by Crippen LogP contribution is 2.44. The van der Waals surface area contributed by atoms with Crippen LogP contribution in [0, 0.1) is 0 Å². The highest BCUT2D eigenvalue weighted by atomic mass is 32.1. The molecule has 2 N–H and O–H groups in total. The van der Waals surface area contributed by atoms with Crippen LogP contribution < -0.4 is 15.2 Å². The molecule has 1 aliphatic rings. The molecule has 0 bridgehead atoms. The number of aromatic nitrogens is 1. The molecule has 1 aromatic carbocycles. The van der Waals surface area contributed by atoms with Gasteiger partial charge in [0, 0.05) is 29.6 Å². The molecule has 4 rings (SSSR count). The smallest absolute Gasteiger partial charge is 0.340 e. The van der Waals surface area contributed by atoms with Gasteiger partial charge in [0.15, 0.2) is 0 Å². The van der Waals surface area contributed by atoms with Crippen molar-refractivity contribution in [3.63, 3.8) is 0 Å². The summed E-state index contributed by atoms with van der Waals surface area (Å²) in [5, 5.41) is 0.760. The van der Waals surface area contributed by atoms with Crippen LogP contribution in [0.5, 0.6) is 5.75 Å². The van der Waals surface area contributed by atoms with E-state index in [2.05, 4.69) is 4.98 Å². The second-order valence-electron chi connectivity index (χ2n) is 6.36. The molecule has 2 aromatic heterocycles. The number of carbonyl (C=O) groups excluding carboxylic acids is 1. The van der Waals surface area contributed by atoms with Crippen molar-refractivity contribution >= 4 is 27.4 Å². The summed E-state index contributed by atoms with van der Waals surface area (Å²) in [7, 11) is 1.51. The van der Waals surface area contributed by atoms with E-state index in [-0.39, 0.29) is 29.4 Å². The Labute approximate surface area is 170 Å². The lowest BCUT2D eigenvalue weighted by Crippen LogP contribution is -2.31. The van der Waals surface area contributed by atoms with E-state index < -0.39 is 11.9 Å². The van der Waals surface area contributed by atoms with Gasteiger partial charge in [-0.1, -0.05) is 29.5 Å². The van der Waals surface area contributed by atoms with E-state index in [1.54, 1.807) is 24.5 Å². The number of esters is 1. The number of carbonyl (C=O) groups is 1. The van der Waals surface area contributed by atoms with E-state index in [0.717, 1.165) is 21.4 Å². The van der Waals surface area contributed by atoms with Crippen molar-refractivity contribution < 1.29 is 19.0 Å². The summed E-state index contributed by atoms with van der Waals surface area (Å²) in [4.78, 5) is 30.1. The summed E-state index contributed by atoms with van der Waals surface area (Å²) in [5.41, 5.74) is 7.27. The molecule has 0 aliphatic carbocycles. The van der Waals surface area contributed by atoms with Crippen molar-refractivity contribution in [2.75, 3.05) is 20.3 Å². The van der Waals surface area contributed by atoms with E-state index in [1.807, 2.05) is 24.3 Å². The van der Waals surface area contributed by atoms with E-state index in [9.17, 15) is 9.59 Å². The lowest BCUT2D eigenvalue weighted by molar-refractivity contribution is -0.140. The van der Waals surface area contributed by atoms with Gasteiger partial charge in [0.1, 0.15) is 17.9 Å². The third kappa shape index (κ3) is 3.48. The van der Waals surface area contributed by atoms with Crippen molar-refractivity contribution in [2.24, 2.45) is 5.73 Å². The quantitative estimate of drug-likeness (QED) is 0.509. The van der Waals surface area contributed by atoms with Crippen LogP contribution in [0.25, 0.3) is 10.1 Å². The molecule has 1 unspecified atom stereocenters. The molecule has 0 radical (unpaired) electrons. The summed E-state index contributed by atoms with van der Waals surface area (Å²) in [6.45, 7) is 0.302. The average molecular weight is 410 g/mol. The maximum Gasteiger partial charge on any atom is 0.340 e. The molecule has 0 saturated carbocycles. The Hall–Kier alpha value is -3.23. The van der Waals surface area contributed by atoms with Gasteiger partial charge in [-0.3, -0.25) is 9.78 Å². The van der Waals surface area contributed by atoms with Crippen molar-refractivity contribution in [3.05, 3.63) is 80.9 Å². The third-order valence-electron chi connectivity index (χ3n) is 4.61. The van der Waals surface area contributed by atoms with Gasteiger partial charge in [-0.05, 0) is 23.8 Å². The summed E-state index contributed by atoms with van der Waals surface area (Å²) in [6, 6.07) is 10.9. The summed E-state index contributed by atoms with van der Waals surface area (Å²) < 4.78 is 16.6. The van der Waals surface area contributed by atoms with Gasteiger partial charge in [0.25, 0.3) is 0 Å². The minimum absolute atomic E-state index is 0.0588. The molecule has 1 aliphatic heterocycles. The first-order valence-corrected chi connectivity index (χ1v) is 9.72. The first-order valence-electron chi connectivity index (χ1n) is 8.91. The Bertz CT molecular complexity index is 1160. The second kappa shape index (κ2) is 8.02. The van der Waals surface area contributed by atoms with Gasteiger partial charge >= 0.3 is 5.97 Å². The first kappa shape index (κ1) is 19.1. The summed E-state index contributed by atoms with van der Waals surface area (Å²) >= 11 is 1.10. The number of benzene rings is 1. The van der Waals surface area contributed by atoms with Crippen LogP contribution in [0.3, 0.4) is 0 Å². The molecule has 8 heteroatoms. The lowest BCUT2D eigenvalue weighted by atomic mass is 9.84. The van der Waals surface area contributed by atoms with Crippen LogP contribution in [-0.4, -0.2) is 31.3 Å². The van der Waals surface area contributed by atoms with Gasteiger partial charge in [-0.25, -0.2) is 4.79 Å². The second-order valence-corrected chi connectivity index (χ2v) is 7.37. The maximum atomic E-state index is 13.1. The normalized spacial score (nSPS) is 15.7. The van der Waals surface area contributed by atoms with Crippen LogP contribution in [0.1, 0.15) is 17.0 Å². The fourth-order valence-electron chi connectivity index (χ4n) is 3.34. The summed E-state index contributed by atoms with van der Waals surface area (Å²) in [6.07, 6.45) is 3.23. The van der Waals surface area contributed by atoms with Gasteiger partial charge in [-0.15, -0.1) is 0 Å². The molecular weight excluding hydrogens is 392 g/mol. The van der Waals surface area contributed by atoms with Crippen molar-refractivity contribution in [1.82, 2.24) is 4.98 Å². The number of nitrogens with two attached hydrogens (primary N) is 1. The molecule has 3 aromatic rings. The minimum atomic E-state index is -0.740. The standard InChI is InChI=1S/C21H18N2O5S/c1-26-9-10-27-20(24)17-15(12-5-4-8-23-11-12)16-18(28-19(17)22)13-6-2-3-7-14(13)29-21(16)25/h2-8,11,15H,9-10,22H2,1H3. The highest BCUT2D eigenvalue weighted by Gasteiger charge is 2.38. The summed E-state index contributed by atoms with van der Waals surface area (Å²) in [5.74, 6) is -1.12. The number of methoxy groups -OCH3 is 1. The number of rotatable bonds is 5. The molecule has 0 saturated heterocycles. The molecule has 3 heterocycles. The third-order valence-corrected chi connectivity index (χ3v) is 5.59. The lowest BCUT2D eigenvalue weighted by Gasteiger charge is -2.28. The van der Waals surface area contributed by atoms with Crippen molar-refractivity contribution in [1.29, 1.82) is 0 Å². The zero-order valence-corrected chi connectivity index (χ0v) is 16.4. The highest BCUT2D eigenvalue weighted by molar-refractivity contribution is 7.16. The van der Waals surface area contributed by atoms with Gasteiger partial charge in [0.2, 0.25) is 10.6 Å². The number of pyridine rings is 1. The molecule has 0 amide bonds. The maximum absolute atomic E-state index is 13.1. The number of nitrogens with zero attached hydrogens (tertiary/aromatic N) is 1. The zero-order chi connectivity index (χ0) is 20.4. The SMILES string of the molecule is COCCOC(=O)C1=C(N)Oc2c(c(=O)sc3ccccc23)C1c1cccnc1. The molecular formula is C21H18N2O5S. The fourth-order valence-corrected chi connectivity index (χ4v) is 4.28. The molecule has 29 heavy (non-hydrogen) atoms. The Kier molecular flexibility index (Phi) is 5.28. The minimum Gasteiger partial charge on any atom is -0.460 e. The van der Waals surface area contributed by atoms with Crippen LogP contribution in [0.15, 0.2) is 65.0 Å². The monoisotopic (exact) mass is 410 g/mol. The molecule has 1 atom stereocenters. The van der Waals surface area contributed by atoms with Crippen molar-refractivity contribution in [3.8, 4) is 5.75 Å². The number of ether oxygens (including phenoxy) is 3. The predicted molar refractivity (Wildman–Crippen MR) is 109 cm³/mol. The van der Waals surface area contributed by atoms with Crippen molar-refractivity contribution in [2.45, 2.75) is 5.92 Å². The predicted octanol–water partition coefficient (Wildman–Crippen LogP) is 2.54. The molecule has 148 valence electrons. The van der Waals surface area contributed by atoms with E-state index in [1.165, 1.54) is 7.11 Å². The number of fused-ring (bicyclic) bond motifs is 3. The Morgan fingerprint density at radius 3 is 2.83 bits per heavy atom. The Balaban J connectivity index is 1.93. The van der Waals surface area contributed by atoms with Gasteiger partial charge < -0.3 is 19.9 Å². The van der Waals surface area contributed by atoms with Crippen LogP contribution in [0.2, 0.25) is 0 Å². The van der Waals surface area contributed by atoms with E-state index >= 15 is 0 Å². The average Bonchev–Trinajstić information content (AvgIpc) is 2.73. The van der Waals surface area contributed by atoms with E-state index in [0.29, 0.717) is 16.9 Å². The largest absolute Gasteiger partial charge is 0.460 e. The molecule has 0 fully saturated rings. The zero-order valence-electron chi connectivity index (χ0n) is 15.6. The topological polar surface area (TPSA) is 101 Å². The van der Waals surface area contributed by atoms with Crippen LogP contribution in [0.4, 0.5) is 0 Å². The van der Waals surface area contributed by atoms with E-state index in [4.69, 9.17) is 19.9 Å². The first-order chi connectivity index (χ1) is 14.1. The van der Waals surface area contributed by atoms with Crippen LogP contribution in [-0.2, 0) is 14.3 Å². The molecule has 7 nitrogen and oxygen atoms in total.